The Morgan fingerprint density at radius 1 is 1.23 bits per heavy atom. The summed E-state index contributed by atoms with van der Waals surface area (Å²) in [6.07, 6.45) is -7.44. The van der Waals surface area contributed by atoms with Crippen LogP contribution in [0.5, 0.6) is 0 Å². The third-order valence-electron chi connectivity index (χ3n) is 3.36. The maximum absolute atomic E-state index is 13.2. The Morgan fingerprint density at radius 2 is 1.93 bits per heavy atom. The molecule has 160 valence electrons. The van der Waals surface area contributed by atoms with E-state index in [0.717, 1.165) is 23.8 Å². The van der Waals surface area contributed by atoms with E-state index in [1.807, 2.05) is 0 Å². The second-order valence-electron chi connectivity index (χ2n) is 5.54. The molecule has 3 heterocycles. The van der Waals surface area contributed by atoms with Crippen LogP contribution in [0.1, 0.15) is 16.2 Å². The zero-order valence-electron chi connectivity index (χ0n) is 14.4. The molecule has 0 radical (unpaired) electrons. The van der Waals surface area contributed by atoms with Gasteiger partial charge in [-0.2, -0.15) is 36.5 Å². The SMILES string of the molecule is Cn1cc(N(OC(=O)C(F)(F)F)C(=O)c2csc(-c3cn[nH]c3)n2)c(C(F)(F)F)n1. The molecule has 0 aromatic carbocycles. The van der Waals surface area contributed by atoms with Crippen LogP contribution in [0.3, 0.4) is 0 Å². The molecule has 0 aliphatic rings. The van der Waals surface area contributed by atoms with Crippen LogP contribution in [0, 0.1) is 0 Å². The highest BCUT2D eigenvalue weighted by molar-refractivity contribution is 7.13. The maximum Gasteiger partial charge on any atom is 0.493 e. The van der Waals surface area contributed by atoms with Gasteiger partial charge >= 0.3 is 24.2 Å². The van der Waals surface area contributed by atoms with Crippen molar-refractivity contribution >= 4 is 28.9 Å². The van der Waals surface area contributed by atoms with Crippen LogP contribution in [0.15, 0.2) is 24.0 Å². The van der Waals surface area contributed by atoms with Crippen LogP contribution >= 0.6 is 11.3 Å². The van der Waals surface area contributed by atoms with Gasteiger partial charge < -0.3 is 4.84 Å². The summed E-state index contributed by atoms with van der Waals surface area (Å²) in [6, 6.07) is 0. The molecule has 3 aromatic heterocycles. The number of H-pyrrole nitrogens is 1. The number of anilines is 1. The van der Waals surface area contributed by atoms with Gasteiger partial charge in [-0.3, -0.25) is 14.6 Å². The Bertz CT molecular complexity index is 1070. The van der Waals surface area contributed by atoms with Crippen molar-refractivity contribution in [3.63, 3.8) is 0 Å². The number of aryl methyl sites for hydroxylation is 1. The second kappa shape index (κ2) is 7.43. The molecule has 0 saturated carbocycles. The number of halogens is 6. The van der Waals surface area contributed by atoms with Crippen LogP contribution in [0.2, 0.25) is 0 Å². The summed E-state index contributed by atoms with van der Waals surface area (Å²) in [4.78, 5) is 31.8. The van der Waals surface area contributed by atoms with Gasteiger partial charge in [-0.25, -0.2) is 9.78 Å². The number of hydrogen-bond acceptors (Lipinski definition) is 7. The van der Waals surface area contributed by atoms with Crippen LogP contribution in [-0.2, 0) is 22.9 Å². The molecule has 0 aliphatic heterocycles. The molecule has 1 amide bonds. The van der Waals surface area contributed by atoms with E-state index in [4.69, 9.17) is 0 Å². The molecule has 0 bridgehead atoms. The van der Waals surface area contributed by atoms with Crippen molar-refractivity contribution in [2.24, 2.45) is 7.05 Å². The van der Waals surface area contributed by atoms with Gasteiger partial charge in [-0.15, -0.1) is 16.4 Å². The summed E-state index contributed by atoms with van der Waals surface area (Å²) < 4.78 is 78.3. The van der Waals surface area contributed by atoms with Gasteiger partial charge in [-0.05, 0) is 0 Å². The van der Waals surface area contributed by atoms with Gasteiger partial charge in [0.15, 0.2) is 5.69 Å². The maximum atomic E-state index is 13.2. The average Bonchev–Trinajstić information content (AvgIpc) is 3.36. The van der Waals surface area contributed by atoms with Gasteiger partial charge in [-0.1, -0.05) is 0 Å². The Hall–Kier alpha value is -3.43. The summed E-state index contributed by atoms with van der Waals surface area (Å²) in [5, 5.41) is 10.1. The standard InChI is InChI=1S/C14H8F6N6O3S/c1-25-4-8(9(24-25)13(15,16)17)26(29-12(28)14(18,19)20)11(27)7-5-30-10(23-7)6-2-21-22-3-6/h2-5H,1H3,(H,21,22). The molecule has 0 saturated heterocycles. The molecular weight excluding hydrogens is 446 g/mol. The summed E-state index contributed by atoms with van der Waals surface area (Å²) >= 11 is 0.863. The van der Waals surface area contributed by atoms with Crippen molar-refractivity contribution < 1.29 is 40.8 Å². The van der Waals surface area contributed by atoms with Gasteiger partial charge in [0.1, 0.15) is 16.4 Å². The number of hydroxylamine groups is 1. The molecular formula is C14H8F6N6O3S. The molecule has 9 nitrogen and oxygen atoms in total. The monoisotopic (exact) mass is 454 g/mol. The summed E-state index contributed by atoms with van der Waals surface area (Å²) in [5.41, 5.74) is -3.11. The fourth-order valence-corrected chi connectivity index (χ4v) is 2.91. The van der Waals surface area contributed by atoms with Gasteiger partial charge in [0.25, 0.3) is 0 Å². The van der Waals surface area contributed by atoms with Crippen molar-refractivity contribution in [3.8, 4) is 10.6 Å². The van der Waals surface area contributed by atoms with Crippen LogP contribution in [-0.4, -0.2) is 43.0 Å². The molecule has 3 aromatic rings. The Morgan fingerprint density at radius 3 is 2.50 bits per heavy atom. The number of alkyl halides is 6. The highest BCUT2D eigenvalue weighted by Gasteiger charge is 2.46. The number of nitrogens with one attached hydrogen (secondary N) is 1. The normalized spacial score (nSPS) is 12.1. The lowest BCUT2D eigenvalue weighted by molar-refractivity contribution is -0.200. The van der Waals surface area contributed by atoms with Crippen molar-refractivity contribution in [2.45, 2.75) is 12.4 Å². The quantitative estimate of drug-likeness (QED) is 0.482. The zero-order chi connectivity index (χ0) is 22.3. The molecule has 3 rings (SSSR count). The first-order valence-electron chi connectivity index (χ1n) is 7.57. The summed E-state index contributed by atoms with van der Waals surface area (Å²) in [6.45, 7) is 0. The van der Waals surface area contributed by atoms with E-state index in [9.17, 15) is 35.9 Å². The first kappa shape index (κ1) is 21.3. The highest BCUT2D eigenvalue weighted by atomic mass is 32.1. The number of rotatable bonds is 3. The minimum absolute atomic E-state index is 0.191. The molecule has 30 heavy (non-hydrogen) atoms. The summed E-state index contributed by atoms with van der Waals surface area (Å²) in [5.74, 6) is -4.45. The molecule has 0 fully saturated rings. The number of aromatic amines is 1. The van der Waals surface area contributed by atoms with Crippen LogP contribution in [0.4, 0.5) is 32.0 Å². The number of amides is 1. The second-order valence-corrected chi connectivity index (χ2v) is 6.39. The topological polar surface area (TPSA) is 106 Å². The molecule has 0 aliphatic carbocycles. The van der Waals surface area contributed by atoms with E-state index >= 15 is 0 Å². The number of aromatic nitrogens is 5. The van der Waals surface area contributed by atoms with E-state index < -0.39 is 46.4 Å². The molecule has 0 spiro atoms. The van der Waals surface area contributed by atoms with E-state index in [-0.39, 0.29) is 5.01 Å². The first-order chi connectivity index (χ1) is 13.9. The zero-order valence-corrected chi connectivity index (χ0v) is 15.3. The van der Waals surface area contributed by atoms with Crippen LogP contribution < -0.4 is 5.06 Å². The number of hydrogen-bond donors (Lipinski definition) is 1. The van der Waals surface area contributed by atoms with Crippen molar-refractivity contribution in [3.05, 3.63) is 35.4 Å². The average molecular weight is 454 g/mol. The lowest BCUT2D eigenvalue weighted by Crippen LogP contribution is -2.39. The fraction of sp³-hybridized carbons (Fsp3) is 0.214. The number of thiazole rings is 1. The van der Waals surface area contributed by atoms with Crippen molar-refractivity contribution in [1.82, 2.24) is 25.0 Å². The van der Waals surface area contributed by atoms with Gasteiger partial charge in [0.05, 0.1) is 12.4 Å². The van der Waals surface area contributed by atoms with Gasteiger partial charge in [0.2, 0.25) is 0 Å². The minimum Gasteiger partial charge on any atom is -0.324 e. The number of carbonyl (C=O) groups excluding carboxylic acids is 2. The lowest BCUT2D eigenvalue weighted by Gasteiger charge is -2.21. The van der Waals surface area contributed by atoms with E-state index in [2.05, 4.69) is 25.1 Å². The third kappa shape index (κ3) is 4.27. The number of carbonyl (C=O) groups is 2. The lowest BCUT2D eigenvalue weighted by atomic mass is 10.3. The third-order valence-corrected chi connectivity index (χ3v) is 4.25. The predicted molar refractivity (Wildman–Crippen MR) is 86.9 cm³/mol. The summed E-state index contributed by atoms with van der Waals surface area (Å²) in [7, 11) is 1.03. The van der Waals surface area contributed by atoms with Crippen molar-refractivity contribution in [1.29, 1.82) is 0 Å². The predicted octanol–water partition coefficient (Wildman–Crippen LogP) is 2.95. The Labute approximate surface area is 165 Å². The van der Waals surface area contributed by atoms with E-state index in [1.165, 1.54) is 12.4 Å². The smallest absolute Gasteiger partial charge is 0.324 e. The van der Waals surface area contributed by atoms with E-state index in [1.54, 1.807) is 0 Å². The molecule has 1 N–H and O–H groups in total. The van der Waals surface area contributed by atoms with Crippen LogP contribution in [0.25, 0.3) is 10.6 Å². The minimum atomic E-state index is -5.58. The Kier molecular flexibility index (Phi) is 5.27. The molecule has 16 heteroatoms. The van der Waals surface area contributed by atoms with Gasteiger partial charge in [0, 0.05) is 24.2 Å². The van der Waals surface area contributed by atoms with Crippen molar-refractivity contribution in [2.75, 3.05) is 5.06 Å². The fourth-order valence-electron chi connectivity index (χ4n) is 2.14. The molecule has 0 unspecified atom stereocenters. The number of nitrogens with zero attached hydrogens (tertiary/aromatic N) is 5. The largest absolute Gasteiger partial charge is 0.493 e. The first-order valence-corrected chi connectivity index (χ1v) is 8.45. The highest BCUT2D eigenvalue weighted by Crippen LogP contribution is 2.37. The van der Waals surface area contributed by atoms with E-state index in [0.29, 0.717) is 16.4 Å². The Balaban J connectivity index is 2.04. The molecule has 0 atom stereocenters.